The number of esters is 1. The number of aliphatic hydroxyl groups is 1. The number of hydrogen-bond acceptors (Lipinski definition) is 4. The molecule has 1 aliphatic heterocycles. The normalized spacial score (nSPS) is 29.0. The van der Waals surface area contributed by atoms with E-state index < -0.39 is 29.5 Å². The van der Waals surface area contributed by atoms with Crippen molar-refractivity contribution in [2.75, 3.05) is 0 Å². The molecule has 1 saturated heterocycles. The van der Waals surface area contributed by atoms with Gasteiger partial charge in [-0.25, -0.2) is 0 Å². The highest BCUT2D eigenvalue weighted by atomic mass is 16.6. The van der Waals surface area contributed by atoms with E-state index in [0.717, 1.165) is 6.29 Å². The van der Waals surface area contributed by atoms with Crippen molar-refractivity contribution in [1.82, 2.24) is 0 Å². The van der Waals surface area contributed by atoms with Crippen LogP contribution in [0.15, 0.2) is 30.3 Å². The van der Waals surface area contributed by atoms with Crippen LogP contribution in [0.4, 0.5) is 0 Å². The first-order chi connectivity index (χ1) is 9.04. The second-order valence-corrected chi connectivity index (χ2v) is 5.09. The van der Waals surface area contributed by atoms with Crippen LogP contribution in [0, 0.1) is 11.8 Å². The Morgan fingerprint density at radius 1 is 1.42 bits per heavy atom. The van der Waals surface area contributed by atoms with Crippen molar-refractivity contribution in [3.05, 3.63) is 35.9 Å². The average molecular weight is 262 g/mol. The summed E-state index contributed by atoms with van der Waals surface area (Å²) >= 11 is 0. The maximum atomic E-state index is 11.7. The predicted molar refractivity (Wildman–Crippen MR) is 69.2 cm³/mol. The summed E-state index contributed by atoms with van der Waals surface area (Å²) in [6, 6.07) is 8.97. The number of hydrogen-bond donors (Lipinski definition) is 1. The SMILES string of the molecule is CCC(C=O)[C@]1(C)OC(=O)C1[C@@H](O)c1ccccc1. The number of ether oxygens (including phenoxy) is 1. The Bertz CT molecular complexity index is 470. The summed E-state index contributed by atoms with van der Waals surface area (Å²) in [7, 11) is 0. The lowest BCUT2D eigenvalue weighted by Crippen LogP contribution is -2.62. The highest BCUT2D eigenvalue weighted by Gasteiger charge is 2.60. The van der Waals surface area contributed by atoms with Crippen molar-refractivity contribution in [2.45, 2.75) is 32.0 Å². The van der Waals surface area contributed by atoms with Crippen molar-refractivity contribution in [3.8, 4) is 0 Å². The van der Waals surface area contributed by atoms with Crippen molar-refractivity contribution < 1.29 is 19.4 Å². The van der Waals surface area contributed by atoms with Crippen LogP contribution in [0.3, 0.4) is 0 Å². The Morgan fingerprint density at radius 3 is 2.53 bits per heavy atom. The summed E-state index contributed by atoms with van der Waals surface area (Å²) in [6.45, 7) is 3.58. The van der Waals surface area contributed by atoms with Crippen molar-refractivity contribution in [2.24, 2.45) is 11.8 Å². The fourth-order valence-electron chi connectivity index (χ4n) is 2.75. The minimum absolute atomic E-state index is 0.395. The molecule has 2 rings (SSSR count). The molecule has 0 spiro atoms. The standard InChI is InChI=1S/C15H18O4/c1-3-11(9-16)15(2)12(14(18)19-15)13(17)10-7-5-4-6-8-10/h4-9,11-13,17H,3H2,1-2H3/t11?,12?,13-,15-/m0/s1. The summed E-state index contributed by atoms with van der Waals surface area (Å²) in [5.41, 5.74) is -0.251. The van der Waals surface area contributed by atoms with Gasteiger partial charge in [0.2, 0.25) is 0 Å². The molecule has 0 radical (unpaired) electrons. The summed E-state index contributed by atoms with van der Waals surface area (Å²) in [5, 5.41) is 10.4. The van der Waals surface area contributed by atoms with Crippen LogP contribution in [0.2, 0.25) is 0 Å². The topological polar surface area (TPSA) is 63.6 Å². The maximum Gasteiger partial charge on any atom is 0.316 e. The van der Waals surface area contributed by atoms with Gasteiger partial charge in [-0.2, -0.15) is 0 Å². The Hall–Kier alpha value is -1.68. The first kappa shape index (κ1) is 13.7. The fourth-order valence-corrected chi connectivity index (χ4v) is 2.75. The molecule has 0 amide bonds. The third kappa shape index (κ3) is 2.16. The summed E-state index contributed by atoms with van der Waals surface area (Å²) in [6.07, 6.45) is 0.434. The molecule has 1 fully saturated rings. The number of rotatable bonds is 5. The van der Waals surface area contributed by atoms with E-state index in [1.807, 2.05) is 13.0 Å². The van der Waals surface area contributed by atoms with E-state index in [9.17, 15) is 14.7 Å². The molecule has 4 atom stereocenters. The monoisotopic (exact) mass is 262 g/mol. The van der Waals surface area contributed by atoms with Crippen LogP contribution in [0.5, 0.6) is 0 Å². The van der Waals surface area contributed by atoms with Crippen molar-refractivity contribution in [3.63, 3.8) is 0 Å². The quantitative estimate of drug-likeness (QED) is 0.650. The van der Waals surface area contributed by atoms with Crippen LogP contribution >= 0.6 is 0 Å². The number of benzene rings is 1. The lowest BCUT2D eigenvalue weighted by Gasteiger charge is -2.49. The maximum absolute atomic E-state index is 11.7. The second kappa shape index (κ2) is 5.13. The van der Waals surface area contributed by atoms with Gasteiger partial charge in [0.1, 0.15) is 17.8 Å². The Balaban J connectivity index is 2.27. The first-order valence-corrected chi connectivity index (χ1v) is 6.45. The van der Waals surface area contributed by atoms with Gasteiger partial charge in [-0.15, -0.1) is 0 Å². The lowest BCUT2D eigenvalue weighted by atomic mass is 9.69. The zero-order valence-electron chi connectivity index (χ0n) is 11.1. The summed E-state index contributed by atoms with van der Waals surface area (Å²) < 4.78 is 5.20. The third-order valence-corrected chi connectivity index (χ3v) is 3.99. The molecule has 0 aliphatic carbocycles. The van der Waals surface area contributed by atoms with Crippen LogP contribution < -0.4 is 0 Å². The molecular weight excluding hydrogens is 244 g/mol. The van der Waals surface area contributed by atoms with E-state index in [1.54, 1.807) is 31.2 Å². The lowest BCUT2D eigenvalue weighted by molar-refractivity contribution is -0.234. The minimum Gasteiger partial charge on any atom is -0.457 e. The smallest absolute Gasteiger partial charge is 0.316 e. The van der Waals surface area contributed by atoms with E-state index in [4.69, 9.17) is 4.74 Å². The molecule has 1 N–H and O–H groups in total. The molecular formula is C15H18O4. The molecule has 0 aromatic heterocycles. The predicted octanol–water partition coefficient (Wildman–Crippen LogP) is 1.88. The van der Waals surface area contributed by atoms with Gasteiger partial charge in [-0.3, -0.25) is 4.79 Å². The Morgan fingerprint density at radius 2 is 2.05 bits per heavy atom. The molecule has 1 heterocycles. The van der Waals surface area contributed by atoms with Crippen LogP contribution in [0.25, 0.3) is 0 Å². The van der Waals surface area contributed by atoms with Gasteiger partial charge in [-0.05, 0) is 18.9 Å². The third-order valence-electron chi connectivity index (χ3n) is 3.99. The molecule has 1 aromatic rings. The highest BCUT2D eigenvalue weighted by Crippen LogP contribution is 2.47. The zero-order valence-corrected chi connectivity index (χ0v) is 11.1. The molecule has 0 saturated carbocycles. The molecule has 0 bridgehead atoms. The van der Waals surface area contributed by atoms with Gasteiger partial charge in [0.25, 0.3) is 0 Å². The number of carbonyl (C=O) groups excluding carboxylic acids is 2. The van der Waals surface area contributed by atoms with Crippen LogP contribution in [0.1, 0.15) is 31.9 Å². The van der Waals surface area contributed by atoms with Crippen molar-refractivity contribution in [1.29, 1.82) is 0 Å². The number of aldehydes is 1. The first-order valence-electron chi connectivity index (χ1n) is 6.45. The minimum atomic E-state index is -0.943. The van der Waals surface area contributed by atoms with E-state index in [2.05, 4.69) is 0 Å². The van der Waals surface area contributed by atoms with Gasteiger partial charge < -0.3 is 14.6 Å². The number of cyclic esters (lactones) is 1. The van der Waals surface area contributed by atoms with E-state index in [-0.39, 0.29) is 0 Å². The van der Waals surface area contributed by atoms with Gasteiger partial charge in [-0.1, -0.05) is 37.3 Å². The molecule has 4 nitrogen and oxygen atoms in total. The molecule has 1 aliphatic rings. The Kier molecular flexibility index (Phi) is 3.71. The van der Waals surface area contributed by atoms with E-state index in [0.29, 0.717) is 12.0 Å². The van der Waals surface area contributed by atoms with Crippen LogP contribution in [-0.4, -0.2) is 23.0 Å². The molecule has 2 unspecified atom stereocenters. The zero-order chi connectivity index (χ0) is 14.0. The number of carbonyl (C=O) groups is 2. The Labute approximate surface area is 112 Å². The van der Waals surface area contributed by atoms with Gasteiger partial charge >= 0.3 is 5.97 Å². The van der Waals surface area contributed by atoms with Gasteiger partial charge in [0.15, 0.2) is 0 Å². The molecule has 1 aromatic carbocycles. The average Bonchev–Trinajstić information content (AvgIpc) is 2.40. The fraction of sp³-hybridized carbons (Fsp3) is 0.467. The highest BCUT2D eigenvalue weighted by molar-refractivity contribution is 5.83. The number of aliphatic hydroxyl groups excluding tert-OH is 1. The second-order valence-electron chi connectivity index (χ2n) is 5.09. The summed E-state index contributed by atoms with van der Waals surface area (Å²) in [4.78, 5) is 22.8. The molecule has 102 valence electrons. The largest absolute Gasteiger partial charge is 0.457 e. The van der Waals surface area contributed by atoms with Gasteiger partial charge in [0.05, 0.1) is 12.0 Å². The van der Waals surface area contributed by atoms with E-state index >= 15 is 0 Å². The van der Waals surface area contributed by atoms with Crippen molar-refractivity contribution >= 4 is 12.3 Å². The van der Waals surface area contributed by atoms with E-state index in [1.165, 1.54) is 0 Å². The summed E-state index contributed by atoms with van der Waals surface area (Å²) in [5.74, 6) is -1.53. The molecule has 4 heteroatoms. The molecule has 19 heavy (non-hydrogen) atoms. The van der Waals surface area contributed by atoms with Gasteiger partial charge in [0, 0.05) is 0 Å². The van der Waals surface area contributed by atoms with Crippen LogP contribution in [-0.2, 0) is 14.3 Å².